The van der Waals surface area contributed by atoms with Crippen LogP contribution in [0.2, 0.25) is 0 Å². The molecule has 0 spiro atoms. The summed E-state index contributed by atoms with van der Waals surface area (Å²) in [7, 11) is 0. The maximum absolute atomic E-state index is 9.64. The van der Waals surface area contributed by atoms with Crippen LogP contribution in [0.25, 0.3) is 27.6 Å². The molecule has 6 heteroatoms. The molecule has 52 heavy (non-hydrogen) atoms. The molecule has 9 rings (SSSR count). The number of nitriles is 2. The van der Waals surface area contributed by atoms with Crippen molar-refractivity contribution in [1.82, 2.24) is 9.55 Å². The lowest BCUT2D eigenvalue weighted by Crippen LogP contribution is -2.31. The Morgan fingerprint density at radius 3 is 1.46 bits per heavy atom. The van der Waals surface area contributed by atoms with Crippen molar-refractivity contribution >= 4 is 56.1 Å². The minimum Gasteiger partial charge on any atom is -0.310 e. The summed E-state index contributed by atoms with van der Waals surface area (Å²) in [6, 6.07) is 58.1. The molecule has 1 aliphatic heterocycles. The van der Waals surface area contributed by atoms with Gasteiger partial charge in [-0.1, -0.05) is 86.6 Å². The van der Waals surface area contributed by atoms with E-state index in [-0.39, 0.29) is 5.41 Å². The lowest BCUT2D eigenvalue weighted by molar-refractivity contribution is 0.631. The molecule has 2 aromatic heterocycles. The van der Waals surface area contributed by atoms with Crippen molar-refractivity contribution in [3.8, 4) is 18.0 Å². The van der Waals surface area contributed by atoms with Crippen LogP contribution in [0.15, 0.2) is 158 Å². The van der Waals surface area contributed by atoms with Gasteiger partial charge in [-0.25, -0.2) is 4.98 Å². The third kappa shape index (κ3) is 4.81. The lowest BCUT2D eigenvalue weighted by Gasteiger charge is -2.41. The number of aromatic nitrogens is 2. The van der Waals surface area contributed by atoms with Gasteiger partial charge in [-0.2, -0.15) is 10.5 Å². The Kier molecular flexibility index (Phi) is 7.14. The van der Waals surface area contributed by atoms with E-state index < -0.39 is 0 Å². The molecule has 0 atom stereocenters. The summed E-state index contributed by atoms with van der Waals surface area (Å²) in [6.45, 7) is 4.57. The minimum atomic E-state index is -0.228. The first kappa shape index (κ1) is 30.9. The highest BCUT2D eigenvalue weighted by Gasteiger charge is 2.37. The zero-order valence-electron chi connectivity index (χ0n) is 28.7. The van der Waals surface area contributed by atoms with Gasteiger partial charge in [0.2, 0.25) is 0 Å². The number of fused-ring (bicyclic) bond motifs is 5. The molecular weight excluding hydrogens is 637 g/mol. The first-order chi connectivity index (χ1) is 25.5. The molecule has 8 aromatic rings. The molecule has 0 radical (unpaired) electrons. The predicted octanol–water partition coefficient (Wildman–Crippen LogP) is 11.5. The van der Waals surface area contributed by atoms with Crippen LogP contribution in [0.4, 0.5) is 34.3 Å². The van der Waals surface area contributed by atoms with E-state index in [4.69, 9.17) is 4.98 Å². The molecule has 0 saturated heterocycles. The second-order valence-corrected chi connectivity index (χ2v) is 13.6. The quantitative estimate of drug-likeness (QED) is 0.182. The Balaban J connectivity index is 1.38. The molecule has 1 aliphatic rings. The topological polar surface area (TPSA) is 71.9 Å². The van der Waals surface area contributed by atoms with E-state index in [1.807, 2.05) is 48.5 Å². The highest BCUT2D eigenvalue weighted by molar-refractivity contribution is 6.09. The fourth-order valence-corrected chi connectivity index (χ4v) is 7.75. The summed E-state index contributed by atoms with van der Waals surface area (Å²) < 4.78 is 2.25. The summed E-state index contributed by atoms with van der Waals surface area (Å²) >= 11 is 0. The zero-order valence-corrected chi connectivity index (χ0v) is 28.7. The fourth-order valence-electron chi connectivity index (χ4n) is 7.75. The van der Waals surface area contributed by atoms with Crippen LogP contribution in [-0.4, -0.2) is 9.55 Å². The molecule has 3 heterocycles. The van der Waals surface area contributed by atoms with Crippen LogP contribution in [-0.2, 0) is 5.41 Å². The Bertz CT molecular complexity index is 2580. The molecular formula is C46H32N6. The molecule has 6 aromatic carbocycles. The van der Waals surface area contributed by atoms with Gasteiger partial charge in [0, 0.05) is 39.7 Å². The average Bonchev–Trinajstić information content (AvgIpc) is 3.53. The maximum atomic E-state index is 9.64. The summed E-state index contributed by atoms with van der Waals surface area (Å²) in [6.07, 6.45) is 0. The number of nitrogens with zero attached hydrogens (tertiary/aromatic N) is 6. The Morgan fingerprint density at radius 1 is 0.519 bits per heavy atom. The van der Waals surface area contributed by atoms with Gasteiger partial charge in [0.25, 0.3) is 0 Å². The first-order valence-corrected chi connectivity index (χ1v) is 17.3. The minimum absolute atomic E-state index is 0.228. The van der Waals surface area contributed by atoms with Crippen molar-refractivity contribution in [1.29, 1.82) is 10.5 Å². The van der Waals surface area contributed by atoms with Crippen molar-refractivity contribution in [2.75, 3.05) is 9.80 Å². The monoisotopic (exact) mass is 668 g/mol. The van der Waals surface area contributed by atoms with E-state index in [9.17, 15) is 10.5 Å². The largest absolute Gasteiger partial charge is 0.310 e. The fraction of sp³-hybridized carbons (Fsp3) is 0.0652. The van der Waals surface area contributed by atoms with E-state index in [1.165, 1.54) is 11.1 Å². The predicted molar refractivity (Wildman–Crippen MR) is 209 cm³/mol. The number of anilines is 6. The summed E-state index contributed by atoms with van der Waals surface area (Å²) in [5.41, 5.74) is 10.2. The van der Waals surface area contributed by atoms with Gasteiger partial charge >= 0.3 is 0 Å². The number of benzene rings is 6. The van der Waals surface area contributed by atoms with Crippen LogP contribution in [0, 0.1) is 22.7 Å². The molecule has 0 amide bonds. The van der Waals surface area contributed by atoms with Crippen LogP contribution >= 0.6 is 0 Å². The number of rotatable bonds is 5. The van der Waals surface area contributed by atoms with E-state index in [0.29, 0.717) is 11.1 Å². The lowest BCUT2D eigenvalue weighted by atomic mass is 9.73. The standard InChI is InChI=1S/C46H32N6/c1-46(2)38-13-5-9-17-42(38)52(43-18-10-6-14-39(43)46)45-28-35(50(33-23-19-31(29-47)20-24-33)34-25-21-32(30-48)22-26-34)27-44(49-45)51-40-15-7-3-11-36(40)37-12-4-8-16-41(37)51/h3-28H,1-2H3. The molecule has 0 fully saturated rings. The first-order valence-electron chi connectivity index (χ1n) is 17.3. The van der Waals surface area contributed by atoms with Gasteiger partial charge < -0.3 is 4.90 Å². The highest BCUT2D eigenvalue weighted by Crippen LogP contribution is 2.52. The van der Waals surface area contributed by atoms with Gasteiger partial charge in [0.1, 0.15) is 11.6 Å². The van der Waals surface area contributed by atoms with Gasteiger partial charge in [0.05, 0.1) is 51.4 Å². The second-order valence-electron chi connectivity index (χ2n) is 13.6. The van der Waals surface area contributed by atoms with E-state index in [1.54, 1.807) is 0 Å². The van der Waals surface area contributed by atoms with Crippen molar-refractivity contribution < 1.29 is 0 Å². The molecule has 0 aliphatic carbocycles. The third-order valence-corrected chi connectivity index (χ3v) is 10.2. The molecule has 0 N–H and O–H groups in total. The zero-order chi connectivity index (χ0) is 35.4. The summed E-state index contributed by atoms with van der Waals surface area (Å²) in [5.74, 6) is 1.52. The molecule has 6 nitrogen and oxygen atoms in total. The van der Waals surface area contributed by atoms with Gasteiger partial charge in [0.15, 0.2) is 0 Å². The summed E-state index contributed by atoms with van der Waals surface area (Å²) in [4.78, 5) is 9.99. The molecule has 0 unspecified atom stereocenters. The Morgan fingerprint density at radius 2 is 0.962 bits per heavy atom. The number of pyridine rings is 1. The number of hydrogen-bond acceptors (Lipinski definition) is 5. The van der Waals surface area contributed by atoms with Crippen LogP contribution in [0.1, 0.15) is 36.1 Å². The van der Waals surface area contributed by atoms with E-state index >= 15 is 0 Å². The van der Waals surface area contributed by atoms with Crippen molar-refractivity contribution in [2.45, 2.75) is 19.3 Å². The SMILES string of the molecule is CC1(C)c2ccccc2N(c2cc(N(c3ccc(C#N)cc3)c3ccc(C#N)cc3)cc(-n3c4ccccc4c4ccccc43)n2)c2ccccc21. The molecule has 0 bridgehead atoms. The second kappa shape index (κ2) is 12.0. The third-order valence-electron chi connectivity index (χ3n) is 10.2. The van der Waals surface area contributed by atoms with Gasteiger partial charge in [-0.05, 0) is 83.9 Å². The number of hydrogen-bond donors (Lipinski definition) is 0. The van der Waals surface area contributed by atoms with Crippen molar-refractivity contribution in [3.05, 3.63) is 180 Å². The highest BCUT2D eigenvalue weighted by atomic mass is 15.2. The normalized spacial score (nSPS) is 12.9. The van der Waals surface area contributed by atoms with Gasteiger partial charge in [-0.15, -0.1) is 0 Å². The van der Waals surface area contributed by atoms with Crippen molar-refractivity contribution in [3.63, 3.8) is 0 Å². The maximum Gasteiger partial charge on any atom is 0.142 e. The average molecular weight is 669 g/mol. The number of para-hydroxylation sites is 4. The van der Waals surface area contributed by atoms with Crippen molar-refractivity contribution in [2.24, 2.45) is 0 Å². The van der Waals surface area contributed by atoms with Crippen LogP contribution in [0.5, 0.6) is 0 Å². The molecule has 246 valence electrons. The molecule has 0 saturated carbocycles. The Labute approximate surface area is 302 Å². The van der Waals surface area contributed by atoms with Crippen LogP contribution in [0.3, 0.4) is 0 Å². The van der Waals surface area contributed by atoms with Gasteiger partial charge in [-0.3, -0.25) is 9.47 Å². The van der Waals surface area contributed by atoms with Crippen LogP contribution < -0.4 is 9.80 Å². The summed E-state index contributed by atoms with van der Waals surface area (Å²) in [5, 5.41) is 21.6. The van der Waals surface area contributed by atoms with E-state index in [0.717, 1.165) is 61.9 Å². The Hall–Kier alpha value is -7.15. The van der Waals surface area contributed by atoms with E-state index in [2.05, 4.69) is 150 Å². The smallest absolute Gasteiger partial charge is 0.142 e.